The zero-order valence-electron chi connectivity index (χ0n) is 16.7. The van der Waals surface area contributed by atoms with E-state index >= 15 is 0 Å². The van der Waals surface area contributed by atoms with Crippen molar-refractivity contribution in [1.82, 2.24) is 10.4 Å². The van der Waals surface area contributed by atoms with E-state index in [9.17, 15) is 9.92 Å². The highest BCUT2D eigenvalue weighted by atomic mass is 19.1. The predicted octanol–water partition coefficient (Wildman–Crippen LogP) is 4.00. The van der Waals surface area contributed by atoms with Gasteiger partial charge in [0.2, 0.25) is 6.23 Å². The lowest BCUT2D eigenvalue weighted by Gasteiger charge is -2.34. The molecule has 6 heteroatoms. The second-order valence-electron chi connectivity index (χ2n) is 7.55. The maximum atomic E-state index is 13.3. The Morgan fingerprint density at radius 3 is 2.45 bits per heavy atom. The summed E-state index contributed by atoms with van der Waals surface area (Å²) in [6.45, 7) is 5.98. The Hall–Kier alpha value is -2.99. The van der Waals surface area contributed by atoms with Crippen molar-refractivity contribution in [2.45, 2.75) is 13.2 Å². The Bertz CT molecular complexity index is 959. The molecule has 0 spiro atoms. The number of ether oxygens (including phenoxy) is 1. The topological polar surface area (TPSA) is 50.4 Å². The third kappa shape index (κ3) is 4.07. The molecule has 1 saturated heterocycles. The fraction of sp³-hybridized carbons (Fsp3) is 0.304. The Balaban J connectivity index is 1.66. The number of halogens is 1. The molecule has 2 heterocycles. The molecule has 1 fully saturated rings. The van der Waals surface area contributed by atoms with Crippen molar-refractivity contribution in [2.75, 3.05) is 38.1 Å². The van der Waals surface area contributed by atoms with Crippen molar-refractivity contribution in [3.05, 3.63) is 77.1 Å². The van der Waals surface area contributed by atoms with Crippen LogP contribution in [0.15, 0.2) is 65.3 Å². The number of rotatable bonds is 4. The van der Waals surface area contributed by atoms with Gasteiger partial charge in [0.05, 0.1) is 0 Å². The van der Waals surface area contributed by atoms with E-state index in [0.29, 0.717) is 5.76 Å². The average molecular weight is 391 g/mol. The quantitative estimate of drug-likeness (QED) is 0.740. The van der Waals surface area contributed by atoms with Crippen LogP contribution in [0, 0.1) is 5.82 Å². The van der Waals surface area contributed by atoms with Crippen LogP contribution in [-0.4, -0.2) is 44.4 Å². The molecule has 0 N–H and O–H groups in total. The lowest BCUT2D eigenvalue weighted by molar-refractivity contribution is 0.217. The summed E-state index contributed by atoms with van der Waals surface area (Å²) in [4.78, 5) is 4.69. The molecule has 0 aliphatic carbocycles. The zero-order valence-corrected chi connectivity index (χ0v) is 16.7. The van der Waals surface area contributed by atoms with Crippen molar-refractivity contribution in [1.29, 1.82) is 0 Å². The van der Waals surface area contributed by atoms with Gasteiger partial charge in [0, 0.05) is 43.0 Å². The first-order chi connectivity index (χ1) is 14.0. The molecule has 5 nitrogen and oxygen atoms in total. The van der Waals surface area contributed by atoms with E-state index in [1.54, 1.807) is 12.1 Å². The third-order valence-corrected chi connectivity index (χ3v) is 5.48. The van der Waals surface area contributed by atoms with Gasteiger partial charge in [-0.05, 0) is 73.1 Å². The van der Waals surface area contributed by atoms with E-state index in [2.05, 4.69) is 34.1 Å². The molecular formula is C23H24FN4O. The minimum absolute atomic E-state index is 0.303. The summed E-state index contributed by atoms with van der Waals surface area (Å²) in [6.07, 6.45) is 1.15. The van der Waals surface area contributed by atoms with E-state index in [1.165, 1.54) is 12.1 Å². The average Bonchev–Trinajstić information content (AvgIpc) is 2.75. The van der Waals surface area contributed by atoms with E-state index in [0.717, 1.165) is 54.1 Å². The molecule has 1 radical (unpaired) electrons. The summed E-state index contributed by atoms with van der Waals surface area (Å²) in [5, 5.41) is 3.47. The summed E-state index contributed by atoms with van der Waals surface area (Å²) in [5.74, 6) is 0.287. The summed E-state index contributed by atoms with van der Waals surface area (Å²) < 4.78 is 19.2. The first kappa shape index (κ1) is 19.3. The summed E-state index contributed by atoms with van der Waals surface area (Å²) in [5.41, 5.74) is 14.2. The first-order valence-electron chi connectivity index (χ1n) is 9.78. The van der Waals surface area contributed by atoms with Crippen LogP contribution in [0.1, 0.15) is 18.1 Å². The number of piperazine rings is 1. The van der Waals surface area contributed by atoms with Crippen LogP contribution >= 0.6 is 0 Å². The number of benzene rings is 2. The molecule has 0 aromatic heterocycles. The Labute approximate surface area is 170 Å². The number of allylic oxidation sites excluding steroid dienone is 2. The van der Waals surface area contributed by atoms with E-state index in [4.69, 9.17) is 4.74 Å². The maximum absolute atomic E-state index is 13.3. The molecule has 1 atom stereocenters. The molecule has 2 aromatic rings. The molecule has 29 heavy (non-hydrogen) atoms. The monoisotopic (exact) mass is 391 g/mol. The highest BCUT2D eigenvalue weighted by Gasteiger charge is 2.26. The standard InChI is InChI=1S/C23H24FN4O/c1-16-14-21(23(26-25)29-22(16)17-6-8-19(24)9-7-17)18-4-3-5-20(15-18)28-12-10-27(2)11-13-28/h3-9,14-15,23H,10-13H2,1-2H3. The number of hydrogen-bond donors (Lipinski definition) is 0. The van der Waals surface area contributed by atoms with Crippen LogP contribution in [-0.2, 0) is 4.74 Å². The molecule has 149 valence electrons. The van der Waals surface area contributed by atoms with Crippen LogP contribution in [0.5, 0.6) is 0 Å². The molecule has 2 aliphatic heterocycles. The van der Waals surface area contributed by atoms with E-state index < -0.39 is 6.23 Å². The lowest BCUT2D eigenvalue weighted by Crippen LogP contribution is -2.44. The maximum Gasteiger partial charge on any atom is 0.237 e. The molecule has 4 rings (SSSR count). The Kier molecular flexibility index (Phi) is 5.45. The van der Waals surface area contributed by atoms with Crippen molar-refractivity contribution >= 4 is 17.0 Å². The van der Waals surface area contributed by atoms with Crippen molar-refractivity contribution in [3.63, 3.8) is 0 Å². The Morgan fingerprint density at radius 2 is 1.76 bits per heavy atom. The van der Waals surface area contributed by atoms with Gasteiger partial charge in [0.15, 0.2) is 0 Å². The fourth-order valence-electron chi connectivity index (χ4n) is 3.79. The van der Waals surface area contributed by atoms with Crippen molar-refractivity contribution in [2.24, 2.45) is 5.11 Å². The smallest absolute Gasteiger partial charge is 0.237 e. The summed E-state index contributed by atoms with van der Waals surface area (Å²) >= 11 is 0. The van der Waals surface area contributed by atoms with Gasteiger partial charge in [-0.25, -0.2) is 4.39 Å². The zero-order chi connectivity index (χ0) is 20.4. The molecular weight excluding hydrogens is 367 g/mol. The van der Waals surface area contributed by atoms with Crippen molar-refractivity contribution < 1.29 is 9.13 Å². The number of nitrogens with zero attached hydrogens (tertiary/aromatic N) is 4. The molecule has 0 bridgehead atoms. The van der Waals surface area contributed by atoms with Crippen LogP contribution < -0.4 is 10.4 Å². The Morgan fingerprint density at radius 1 is 1.03 bits per heavy atom. The van der Waals surface area contributed by atoms with E-state index in [-0.39, 0.29) is 5.82 Å². The molecule has 0 amide bonds. The van der Waals surface area contributed by atoms with Crippen LogP contribution in [0.4, 0.5) is 10.1 Å². The molecule has 0 saturated carbocycles. The normalized spacial score (nSPS) is 20.3. The highest BCUT2D eigenvalue weighted by Crippen LogP contribution is 2.36. The highest BCUT2D eigenvalue weighted by molar-refractivity contribution is 5.80. The number of hydrogen-bond acceptors (Lipinski definition) is 4. The van der Waals surface area contributed by atoms with E-state index in [1.807, 2.05) is 25.1 Å². The van der Waals surface area contributed by atoms with Gasteiger partial charge in [-0.2, -0.15) is 0 Å². The minimum atomic E-state index is -0.832. The lowest BCUT2D eigenvalue weighted by atomic mass is 9.97. The van der Waals surface area contributed by atoms with Gasteiger partial charge in [0.1, 0.15) is 11.6 Å². The molecule has 2 aromatic carbocycles. The summed E-state index contributed by atoms with van der Waals surface area (Å²) in [6, 6.07) is 14.4. The van der Waals surface area contributed by atoms with Crippen LogP contribution in [0.25, 0.3) is 11.3 Å². The first-order valence-corrected chi connectivity index (χ1v) is 9.78. The second kappa shape index (κ2) is 8.17. The van der Waals surface area contributed by atoms with Gasteiger partial charge in [-0.15, -0.1) is 5.11 Å². The predicted molar refractivity (Wildman–Crippen MR) is 113 cm³/mol. The molecule has 2 aliphatic rings. The van der Waals surface area contributed by atoms with Gasteiger partial charge in [0.25, 0.3) is 0 Å². The number of anilines is 1. The van der Waals surface area contributed by atoms with Crippen LogP contribution in [0.2, 0.25) is 0 Å². The molecule has 1 unspecified atom stereocenters. The van der Waals surface area contributed by atoms with Crippen molar-refractivity contribution in [3.8, 4) is 0 Å². The van der Waals surface area contributed by atoms with Gasteiger partial charge < -0.3 is 14.5 Å². The van der Waals surface area contributed by atoms with Gasteiger partial charge >= 0.3 is 0 Å². The second-order valence-corrected chi connectivity index (χ2v) is 7.55. The van der Waals surface area contributed by atoms with Gasteiger partial charge in [-0.3, -0.25) is 0 Å². The van der Waals surface area contributed by atoms with Gasteiger partial charge in [-0.1, -0.05) is 12.1 Å². The SMILES string of the molecule is CC1=C(c2ccc(F)cc2)OC(N=[N])C(c2cccc(N3CCN(C)CC3)c2)=C1. The fourth-order valence-corrected chi connectivity index (χ4v) is 3.79. The number of likely N-dealkylation sites (N-methyl/N-ethyl adjacent to an activating group) is 1. The summed E-state index contributed by atoms with van der Waals surface area (Å²) in [7, 11) is 2.14. The minimum Gasteiger partial charge on any atom is -0.462 e. The van der Waals surface area contributed by atoms with Crippen LogP contribution in [0.3, 0.4) is 0 Å². The third-order valence-electron chi connectivity index (χ3n) is 5.48. The largest absolute Gasteiger partial charge is 0.462 e.